The molecule has 3 heterocycles. The zero-order chi connectivity index (χ0) is 15.7. The number of fused-ring (bicyclic) bond motifs is 1. The van der Waals surface area contributed by atoms with Crippen molar-refractivity contribution in [3.8, 4) is 0 Å². The highest BCUT2D eigenvalue weighted by Crippen LogP contribution is 2.23. The molecule has 2 aromatic rings. The Morgan fingerprint density at radius 2 is 2.32 bits per heavy atom. The van der Waals surface area contributed by atoms with E-state index >= 15 is 0 Å². The summed E-state index contributed by atoms with van der Waals surface area (Å²) in [6.07, 6.45) is 2.67. The Labute approximate surface area is 131 Å². The summed E-state index contributed by atoms with van der Waals surface area (Å²) in [4.78, 5) is 37.7. The monoisotopic (exact) mass is 320 g/mol. The van der Waals surface area contributed by atoms with E-state index in [4.69, 9.17) is 0 Å². The first kappa shape index (κ1) is 14.7. The molecule has 1 aliphatic rings. The highest BCUT2D eigenvalue weighted by atomic mass is 32.1. The number of nitrogens with one attached hydrogen (secondary N) is 1. The molecule has 1 amide bonds. The highest BCUT2D eigenvalue weighted by molar-refractivity contribution is 7.09. The normalized spacial score (nSPS) is 17.3. The second kappa shape index (κ2) is 5.88. The number of nitrogens with zero attached hydrogens (tertiary/aromatic N) is 3. The topological polar surface area (TPSA) is 99.2 Å². The lowest BCUT2D eigenvalue weighted by molar-refractivity contribution is -0.151. The van der Waals surface area contributed by atoms with Gasteiger partial charge < -0.3 is 15.0 Å². The lowest BCUT2D eigenvalue weighted by Gasteiger charge is -2.32. The van der Waals surface area contributed by atoms with Gasteiger partial charge in [0.05, 0.1) is 35.5 Å². The molecular weight excluding hydrogens is 304 g/mol. The van der Waals surface area contributed by atoms with Gasteiger partial charge in [-0.2, -0.15) is 0 Å². The second-order valence-corrected chi connectivity index (χ2v) is 6.21. The summed E-state index contributed by atoms with van der Waals surface area (Å²) >= 11 is 1.52. The molecule has 22 heavy (non-hydrogen) atoms. The van der Waals surface area contributed by atoms with Crippen molar-refractivity contribution in [1.82, 2.24) is 19.9 Å². The molecule has 0 spiro atoms. The minimum Gasteiger partial charge on any atom is -0.480 e. The molecule has 3 rings (SSSR count). The lowest BCUT2D eigenvalue weighted by Crippen LogP contribution is -2.48. The van der Waals surface area contributed by atoms with Crippen LogP contribution in [0.5, 0.6) is 0 Å². The zero-order valence-corrected chi connectivity index (χ0v) is 12.9. The number of hydrogen-bond donors (Lipinski definition) is 2. The van der Waals surface area contributed by atoms with Gasteiger partial charge >= 0.3 is 5.97 Å². The van der Waals surface area contributed by atoms with Crippen molar-refractivity contribution in [1.29, 1.82) is 0 Å². The number of amides is 1. The van der Waals surface area contributed by atoms with E-state index in [1.807, 2.05) is 6.92 Å². The molecule has 2 aromatic heterocycles. The molecule has 0 saturated carbocycles. The zero-order valence-electron chi connectivity index (χ0n) is 12.1. The van der Waals surface area contributed by atoms with Gasteiger partial charge in [-0.1, -0.05) is 0 Å². The first-order valence-electron chi connectivity index (χ1n) is 6.98. The van der Waals surface area contributed by atoms with Crippen molar-refractivity contribution < 1.29 is 14.7 Å². The van der Waals surface area contributed by atoms with Crippen LogP contribution in [0, 0.1) is 6.92 Å². The molecule has 1 aliphatic heterocycles. The van der Waals surface area contributed by atoms with Crippen LogP contribution in [-0.4, -0.2) is 42.9 Å². The smallest absolute Gasteiger partial charge is 0.326 e. The fraction of sp³-hybridized carbons (Fsp3) is 0.429. The Morgan fingerprint density at radius 1 is 1.50 bits per heavy atom. The number of H-pyrrole nitrogens is 1. The molecule has 0 unspecified atom stereocenters. The van der Waals surface area contributed by atoms with Crippen LogP contribution in [0.15, 0.2) is 11.8 Å². The molecule has 0 saturated heterocycles. The van der Waals surface area contributed by atoms with Gasteiger partial charge in [-0.15, -0.1) is 11.3 Å². The molecule has 1 atom stereocenters. The Bertz CT molecular complexity index is 709. The number of hydrogen-bond acceptors (Lipinski definition) is 5. The minimum atomic E-state index is -0.990. The number of carbonyl (C=O) groups is 2. The summed E-state index contributed by atoms with van der Waals surface area (Å²) in [5.74, 6) is -1.14. The van der Waals surface area contributed by atoms with Gasteiger partial charge in [0.1, 0.15) is 6.04 Å². The van der Waals surface area contributed by atoms with Crippen LogP contribution in [0.2, 0.25) is 0 Å². The van der Waals surface area contributed by atoms with Crippen LogP contribution in [0.4, 0.5) is 0 Å². The van der Waals surface area contributed by atoms with Crippen LogP contribution < -0.4 is 0 Å². The Morgan fingerprint density at radius 3 is 3.00 bits per heavy atom. The summed E-state index contributed by atoms with van der Waals surface area (Å²) in [7, 11) is 0. The summed E-state index contributed by atoms with van der Waals surface area (Å²) in [6, 6.07) is -0.842. The molecule has 8 heteroatoms. The molecule has 0 fully saturated rings. The Hall–Kier alpha value is -2.22. The molecule has 0 bridgehead atoms. The van der Waals surface area contributed by atoms with Crippen LogP contribution in [0.25, 0.3) is 0 Å². The maximum Gasteiger partial charge on any atom is 0.326 e. The van der Waals surface area contributed by atoms with Gasteiger partial charge in [-0.3, -0.25) is 4.79 Å². The molecule has 2 N–H and O–H groups in total. The Balaban J connectivity index is 1.72. The maximum atomic E-state index is 12.5. The van der Waals surface area contributed by atoms with E-state index < -0.39 is 12.0 Å². The van der Waals surface area contributed by atoms with Crippen LogP contribution >= 0.6 is 11.3 Å². The number of aliphatic carboxylic acids is 1. The van der Waals surface area contributed by atoms with Crippen LogP contribution in [0.3, 0.4) is 0 Å². The standard InChI is InChI=1S/C14H16N4O3S/c1-8-12(22-7-17-8)2-3-13(19)18-5-10-9(15-6-16-10)4-11(18)14(20)21/h6-7,11H,2-5H2,1H3,(H,15,16)(H,20,21)/t11-/m1/s1. The molecular formula is C14H16N4O3S. The van der Waals surface area contributed by atoms with Crippen molar-refractivity contribution in [2.24, 2.45) is 0 Å². The fourth-order valence-electron chi connectivity index (χ4n) is 2.65. The molecule has 0 aromatic carbocycles. The van der Waals surface area contributed by atoms with Crippen molar-refractivity contribution in [2.75, 3.05) is 0 Å². The number of thiazole rings is 1. The van der Waals surface area contributed by atoms with E-state index in [0.717, 1.165) is 22.0 Å². The van der Waals surface area contributed by atoms with Crippen LogP contribution in [0.1, 0.15) is 28.4 Å². The highest BCUT2D eigenvalue weighted by Gasteiger charge is 2.35. The fourth-order valence-corrected chi connectivity index (χ4v) is 3.43. The van der Waals surface area contributed by atoms with Crippen LogP contribution in [-0.2, 0) is 29.0 Å². The molecule has 0 aliphatic carbocycles. The number of carboxylic acid groups (broad SMARTS) is 1. The van der Waals surface area contributed by atoms with E-state index in [1.54, 1.807) is 5.51 Å². The van der Waals surface area contributed by atoms with Gasteiger partial charge in [0.2, 0.25) is 5.91 Å². The largest absolute Gasteiger partial charge is 0.480 e. The number of aromatic nitrogens is 3. The summed E-state index contributed by atoms with van der Waals surface area (Å²) in [6.45, 7) is 2.18. The number of aryl methyl sites for hydroxylation is 2. The predicted octanol–water partition coefficient (Wildman–Crippen LogP) is 1.15. The van der Waals surface area contributed by atoms with Crippen molar-refractivity contribution in [3.63, 3.8) is 0 Å². The van der Waals surface area contributed by atoms with Gasteiger partial charge in [0.15, 0.2) is 0 Å². The SMILES string of the molecule is Cc1ncsc1CCC(=O)N1Cc2[nH]cnc2C[C@@H]1C(=O)O. The summed E-state index contributed by atoms with van der Waals surface area (Å²) in [5.41, 5.74) is 4.24. The second-order valence-electron chi connectivity index (χ2n) is 5.27. The molecule has 0 radical (unpaired) electrons. The van der Waals surface area contributed by atoms with E-state index in [9.17, 15) is 14.7 Å². The third-order valence-electron chi connectivity index (χ3n) is 3.92. The first-order valence-corrected chi connectivity index (χ1v) is 7.86. The Kier molecular flexibility index (Phi) is 3.93. The first-order chi connectivity index (χ1) is 10.6. The third kappa shape index (κ3) is 2.74. The van der Waals surface area contributed by atoms with E-state index in [2.05, 4.69) is 15.0 Å². The van der Waals surface area contributed by atoms with Crippen molar-refractivity contribution in [3.05, 3.63) is 33.8 Å². The minimum absolute atomic E-state index is 0.152. The van der Waals surface area contributed by atoms with Gasteiger partial charge in [-0.05, 0) is 13.3 Å². The van der Waals surface area contributed by atoms with Gasteiger partial charge in [0.25, 0.3) is 0 Å². The quantitative estimate of drug-likeness (QED) is 0.880. The van der Waals surface area contributed by atoms with Crippen molar-refractivity contribution in [2.45, 2.75) is 38.8 Å². The lowest BCUT2D eigenvalue weighted by atomic mass is 10.0. The predicted molar refractivity (Wildman–Crippen MR) is 79.4 cm³/mol. The van der Waals surface area contributed by atoms with Gasteiger partial charge in [0, 0.05) is 17.7 Å². The van der Waals surface area contributed by atoms with Crippen molar-refractivity contribution >= 4 is 23.2 Å². The number of aromatic amines is 1. The van der Waals surface area contributed by atoms with E-state index in [0.29, 0.717) is 6.42 Å². The summed E-state index contributed by atoms with van der Waals surface area (Å²) in [5, 5.41) is 9.38. The number of carboxylic acids is 1. The van der Waals surface area contributed by atoms with E-state index in [-0.39, 0.29) is 25.3 Å². The molecule has 116 valence electrons. The van der Waals surface area contributed by atoms with E-state index in [1.165, 1.54) is 22.6 Å². The average Bonchev–Trinajstić information content (AvgIpc) is 3.11. The average molecular weight is 320 g/mol. The molecule has 7 nitrogen and oxygen atoms in total. The maximum absolute atomic E-state index is 12.5. The number of carbonyl (C=O) groups excluding carboxylic acids is 1. The number of imidazole rings is 1. The summed E-state index contributed by atoms with van der Waals surface area (Å²) < 4.78 is 0. The number of rotatable bonds is 4. The third-order valence-corrected chi connectivity index (χ3v) is 4.91. The van der Waals surface area contributed by atoms with Gasteiger partial charge in [-0.25, -0.2) is 14.8 Å².